The molecule has 0 spiro atoms. The predicted octanol–water partition coefficient (Wildman–Crippen LogP) is 6.38. The number of nitrogens with zero attached hydrogens (tertiary/aromatic N) is 2. The average Bonchev–Trinajstić information content (AvgIpc) is 3.43. The predicted molar refractivity (Wildman–Crippen MR) is 116 cm³/mol. The lowest BCUT2D eigenvalue weighted by molar-refractivity contribution is 0.0695. The minimum absolute atomic E-state index is 0.321. The number of carboxylic acids is 1. The van der Waals surface area contributed by atoms with Crippen LogP contribution in [0.1, 0.15) is 47.5 Å². The zero-order chi connectivity index (χ0) is 19.8. The molecular formula is C24H20N2O2S. The molecule has 1 saturated carbocycles. The van der Waals surface area contributed by atoms with Crippen molar-refractivity contribution in [3.63, 3.8) is 0 Å². The standard InChI is InChI=1S/C24H20N2O2S/c27-24(28)18-11-10-17(12-19(18)15-6-4-5-7-15)22-23-20(25-14-26-22)13-21(29-23)16-8-2-1-3-9-16/h1-3,8-15H,4-7H2,(H,27,28). The molecule has 0 aliphatic heterocycles. The first kappa shape index (κ1) is 18.0. The molecule has 5 rings (SSSR count). The van der Waals surface area contributed by atoms with Crippen molar-refractivity contribution < 1.29 is 9.90 Å². The number of thiophene rings is 1. The first-order valence-electron chi connectivity index (χ1n) is 9.88. The van der Waals surface area contributed by atoms with Crippen molar-refractivity contribution in [1.82, 2.24) is 9.97 Å². The molecule has 0 unspecified atom stereocenters. The third kappa shape index (κ3) is 3.32. The Hall–Kier alpha value is -3.05. The summed E-state index contributed by atoms with van der Waals surface area (Å²) < 4.78 is 1.03. The topological polar surface area (TPSA) is 63.1 Å². The highest BCUT2D eigenvalue weighted by Gasteiger charge is 2.24. The van der Waals surface area contributed by atoms with E-state index in [0.29, 0.717) is 11.5 Å². The van der Waals surface area contributed by atoms with E-state index < -0.39 is 5.97 Å². The van der Waals surface area contributed by atoms with Gasteiger partial charge >= 0.3 is 5.97 Å². The summed E-state index contributed by atoms with van der Waals surface area (Å²) in [6.07, 6.45) is 6.04. The molecule has 5 heteroatoms. The number of hydrogen-bond donors (Lipinski definition) is 1. The maximum absolute atomic E-state index is 11.8. The number of aromatic nitrogens is 2. The second-order valence-electron chi connectivity index (χ2n) is 7.50. The number of benzene rings is 2. The Morgan fingerprint density at radius 1 is 0.966 bits per heavy atom. The summed E-state index contributed by atoms with van der Waals surface area (Å²) in [5.74, 6) is -0.532. The van der Waals surface area contributed by atoms with Gasteiger partial charge in [-0.2, -0.15) is 0 Å². The Morgan fingerprint density at radius 2 is 1.76 bits per heavy atom. The van der Waals surface area contributed by atoms with Crippen LogP contribution in [-0.4, -0.2) is 21.0 Å². The van der Waals surface area contributed by atoms with E-state index in [4.69, 9.17) is 0 Å². The molecule has 4 aromatic rings. The maximum atomic E-state index is 11.8. The van der Waals surface area contributed by atoms with Crippen molar-refractivity contribution in [3.05, 3.63) is 72.1 Å². The van der Waals surface area contributed by atoms with E-state index in [1.165, 1.54) is 0 Å². The van der Waals surface area contributed by atoms with Gasteiger partial charge in [0.1, 0.15) is 6.33 Å². The Labute approximate surface area is 172 Å². The van der Waals surface area contributed by atoms with Gasteiger partial charge in [-0.15, -0.1) is 11.3 Å². The van der Waals surface area contributed by atoms with Gasteiger partial charge in [-0.3, -0.25) is 0 Å². The van der Waals surface area contributed by atoms with Crippen molar-refractivity contribution in [2.45, 2.75) is 31.6 Å². The van der Waals surface area contributed by atoms with E-state index in [1.54, 1.807) is 23.7 Å². The zero-order valence-corrected chi connectivity index (χ0v) is 16.7. The zero-order valence-electron chi connectivity index (χ0n) is 15.8. The number of carboxylic acid groups (broad SMARTS) is 1. The summed E-state index contributed by atoms with van der Waals surface area (Å²) in [5.41, 5.74) is 5.28. The molecule has 0 saturated heterocycles. The molecular weight excluding hydrogens is 380 g/mol. The number of hydrogen-bond acceptors (Lipinski definition) is 4. The summed E-state index contributed by atoms with van der Waals surface area (Å²) in [4.78, 5) is 22.0. The molecule has 29 heavy (non-hydrogen) atoms. The highest BCUT2D eigenvalue weighted by Crippen LogP contribution is 2.40. The molecule has 0 amide bonds. The van der Waals surface area contributed by atoms with Crippen LogP contribution in [0.4, 0.5) is 0 Å². The summed E-state index contributed by atoms with van der Waals surface area (Å²) in [6.45, 7) is 0. The fraction of sp³-hybridized carbons (Fsp3) is 0.208. The lowest BCUT2D eigenvalue weighted by Crippen LogP contribution is -2.06. The van der Waals surface area contributed by atoms with Crippen LogP contribution in [-0.2, 0) is 0 Å². The molecule has 2 heterocycles. The quantitative estimate of drug-likeness (QED) is 0.432. The molecule has 144 valence electrons. The first-order chi connectivity index (χ1) is 14.2. The highest BCUT2D eigenvalue weighted by atomic mass is 32.1. The van der Waals surface area contributed by atoms with Gasteiger partial charge in [-0.05, 0) is 48.1 Å². The van der Waals surface area contributed by atoms with Crippen LogP contribution in [0.5, 0.6) is 0 Å². The van der Waals surface area contributed by atoms with Crippen molar-refractivity contribution in [2.24, 2.45) is 0 Å². The fourth-order valence-electron chi connectivity index (χ4n) is 4.28. The largest absolute Gasteiger partial charge is 0.478 e. The molecule has 1 fully saturated rings. The van der Waals surface area contributed by atoms with E-state index in [1.807, 2.05) is 30.3 Å². The van der Waals surface area contributed by atoms with Gasteiger partial charge < -0.3 is 5.11 Å². The van der Waals surface area contributed by atoms with Gasteiger partial charge in [-0.1, -0.05) is 49.2 Å². The Balaban J connectivity index is 1.64. The lowest BCUT2D eigenvalue weighted by Gasteiger charge is -2.15. The molecule has 4 nitrogen and oxygen atoms in total. The van der Waals surface area contributed by atoms with E-state index in [2.05, 4.69) is 28.2 Å². The molecule has 0 atom stereocenters. The summed E-state index contributed by atoms with van der Waals surface area (Å²) in [5, 5.41) is 9.67. The fourth-order valence-corrected chi connectivity index (χ4v) is 5.41. The van der Waals surface area contributed by atoms with Crippen LogP contribution in [0.3, 0.4) is 0 Å². The van der Waals surface area contributed by atoms with Gasteiger partial charge in [0.25, 0.3) is 0 Å². The van der Waals surface area contributed by atoms with E-state index >= 15 is 0 Å². The van der Waals surface area contributed by atoms with Gasteiger partial charge in [0, 0.05) is 10.4 Å². The first-order valence-corrected chi connectivity index (χ1v) is 10.7. The van der Waals surface area contributed by atoms with Crippen molar-refractivity contribution in [2.75, 3.05) is 0 Å². The van der Waals surface area contributed by atoms with Crippen molar-refractivity contribution in [3.8, 4) is 21.7 Å². The Morgan fingerprint density at radius 3 is 2.52 bits per heavy atom. The van der Waals surface area contributed by atoms with Gasteiger partial charge in [0.05, 0.1) is 21.5 Å². The summed E-state index contributed by atoms with van der Waals surface area (Å²) in [7, 11) is 0. The molecule has 1 aliphatic rings. The Bertz CT molecular complexity index is 1190. The summed E-state index contributed by atoms with van der Waals surface area (Å²) in [6, 6.07) is 18.0. The number of fused-ring (bicyclic) bond motifs is 1. The van der Waals surface area contributed by atoms with E-state index in [-0.39, 0.29) is 0 Å². The maximum Gasteiger partial charge on any atom is 0.335 e. The number of carbonyl (C=O) groups is 1. The van der Waals surface area contributed by atoms with Crippen LogP contribution < -0.4 is 0 Å². The normalized spacial score (nSPS) is 14.5. The minimum atomic E-state index is -0.853. The third-order valence-corrected chi connectivity index (χ3v) is 6.90. The second-order valence-corrected chi connectivity index (χ2v) is 8.55. The molecule has 1 N–H and O–H groups in total. The van der Waals surface area contributed by atoms with Crippen LogP contribution >= 0.6 is 11.3 Å². The van der Waals surface area contributed by atoms with E-state index in [0.717, 1.165) is 63.2 Å². The number of aromatic carboxylic acids is 1. The van der Waals surface area contributed by atoms with Crippen LogP contribution in [0.2, 0.25) is 0 Å². The van der Waals surface area contributed by atoms with E-state index in [9.17, 15) is 9.90 Å². The molecule has 2 aromatic heterocycles. The average molecular weight is 401 g/mol. The SMILES string of the molecule is O=C(O)c1ccc(-c2ncnc3cc(-c4ccccc4)sc23)cc1C1CCCC1. The highest BCUT2D eigenvalue weighted by molar-refractivity contribution is 7.22. The van der Waals surface area contributed by atoms with Gasteiger partial charge in [-0.25, -0.2) is 14.8 Å². The Kier molecular flexibility index (Phi) is 4.60. The summed E-state index contributed by atoms with van der Waals surface area (Å²) >= 11 is 1.68. The van der Waals surface area contributed by atoms with Gasteiger partial charge in [0.2, 0.25) is 0 Å². The number of rotatable bonds is 4. The minimum Gasteiger partial charge on any atom is -0.478 e. The van der Waals surface area contributed by atoms with Gasteiger partial charge in [0.15, 0.2) is 0 Å². The van der Waals surface area contributed by atoms with Crippen LogP contribution in [0.15, 0.2) is 60.9 Å². The molecule has 0 radical (unpaired) electrons. The van der Waals surface area contributed by atoms with Crippen LogP contribution in [0.25, 0.3) is 31.9 Å². The van der Waals surface area contributed by atoms with Crippen molar-refractivity contribution >= 4 is 27.5 Å². The van der Waals surface area contributed by atoms with Crippen LogP contribution in [0, 0.1) is 0 Å². The molecule has 2 aromatic carbocycles. The molecule has 0 bridgehead atoms. The van der Waals surface area contributed by atoms with Crippen molar-refractivity contribution in [1.29, 1.82) is 0 Å². The monoisotopic (exact) mass is 400 g/mol. The second kappa shape index (κ2) is 7.41. The smallest absolute Gasteiger partial charge is 0.335 e. The lowest BCUT2D eigenvalue weighted by atomic mass is 9.90. The molecule has 1 aliphatic carbocycles. The third-order valence-electron chi connectivity index (χ3n) is 5.72.